The number of carboxylic acids is 1. The second-order valence-electron chi connectivity index (χ2n) is 0.755. The SMILES string of the molecule is CSN=CC(=O)O. The maximum absolute atomic E-state index is 9.60. The van der Waals surface area contributed by atoms with Gasteiger partial charge in [-0.3, -0.25) is 0 Å². The van der Waals surface area contributed by atoms with E-state index in [1.165, 1.54) is 0 Å². The molecule has 0 rings (SSSR count). The molecule has 0 aliphatic carbocycles. The van der Waals surface area contributed by atoms with Gasteiger partial charge in [-0.15, -0.1) is 0 Å². The van der Waals surface area contributed by atoms with Crippen molar-refractivity contribution in [2.45, 2.75) is 0 Å². The lowest BCUT2D eigenvalue weighted by molar-refractivity contribution is -0.128. The second kappa shape index (κ2) is 3.67. The van der Waals surface area contributed by atoms with Crippen LogP contribution in [0.25, 0.3) is 0 Å². The van der Waals surface area contributed by atoms with Crippen molar-refractivity contribution >= 4 is 24.1 Å². The van der Waals surface area contributed by atoms with Crippen molar-refractivity contribution in [1.29, 1.82) is 0 Å². The largest absolute Gasteiger partial charge is 0.477 e. The van der Waals surface area contributed by atoms with Gasteiger partial charge in [0.1, 0.15) is 6.21 Å². The van der Waals surface area contributed by atoms with E-state index in [4.69, 9.17) is 5.11 Å². The van der Waals surface area contributed by atoms with E-state index in [9.17, 15) is 4.79 Å². The third-order valence-corrected chi connectivity index (χ3v) is 0.585. The Kier molecular flexibility index (Phi) is 3.40. The number of hydrogen-bond donors (Lipinski definition) is 1. The van der Waals surface area contributed by atoms with Gasteiger partial charge in [-0.05, 0) is 11.9 Å². The molecule has 3 nitrogen and oxygen atoms in total. The van der Waals surface area contributed by atoms with Crippen molar-refractivity contribution in [3.05, 3.63) is 0 Å². The highest BCUT2D eigenvalue weighted by atomic mass is 32.2. The first-order valence-electron chi connectivity index (χ1n) is 1.57. The van der Waals surface area contributed by atoms with Crippen molar-refractivity contribution in [2.75, 3.05) is 6.26 Å². The molecule has 0 radical (unpaired) electrons. The predicted octanol–water partition coefficient (Wildman–Crippen LogP) is 0.420. The Bertz CT molecular complexity index is 90.9. The molecular formula is C3H5NO2S. The first-order chi connectivity index (χ1) is 3.27. The monoisotopic (exact) mass is 119 g/mol. The highest BCUT2D eigenvalue weighted by Gasteiger charge is 1.81. The molecule has 7 heavy (non-hydrogen) atoms. The first kappa shape index (κ1) is 6.49. The van der Waals surface area contributed by atoms with Crippen molar-refractivity contribution in [3.63, 3.8) is 0 Å². The first-order valence-corrected chi connectivity index (χ1v) is 2.75. The van der Waals surface area contributed by atoms with Gasteiger partial charge in [0.25, 0.3) is 0 Å². The fourth-order valence-electron chi connectivity index (χ4n) is 0.0978. The van der Waals surface area contributed by atoms with Crippen LogP contribution in [0.15, 0.2) is 4.40 Å². The minimum Gasteiger partial charge on any atom is -0.477 e. The van der Waals surface area contributed by atoms with E-state index in [-0.39, 0.29) is 0 Å². The molecule has 0 bridgehead atoms. The Labute approximate surface area is 45.6 Å². The molecular weight excluding hydrogens is 114 g/mol. The quantitative estimate of drug-likeness (QED) is 0.423. The van der Waals surface area contributed by atoms with Crippen LogP contribution < -0.4 is 0 Å². The summed E-state index contributed by atoms with van der Waals surface area (Å²) < 4.78 is 3.36. The van der Waals surface area contributed by atoms with Crippen molar-refractivity contribution in [2.24, 2.45) is 4.40 Å². The molecule has 1 N–H and O–H groups in total. The van der Waals surface area contributed by atoms with E-state index in [1.807, 2.05) is 0 Å². The second-order valence-corrected chi connectivity index (χ2v) is 1.33. The highest BCUT2D eigenvalue weighted by Crippen LogP contribution is 1.87. The van der Waals surface area contributed by atoms with Crippen LogP contribution in [0, 0.1) is 0 Å². The van der Waals surface area contributed by atoms with Crippen LogP contribution in [-0.4, -0.2) is 23.5 Å². The summed E-state index contributed by atoms with van der Waals surface area (Å²) in [6.07, 6.45) is 2.55. The maximum atomic E-state index is 9.60. The topological polar surface area (TPSA) is 49.7 Å². The van der Waals surface area contributed by atoms with E-state index in [1.54, 1.807) is 6.26 Å². The zero-order valence-electron chi connectivity index (χ0n) is 3.79. The number of hydrogen-bond acceptors (Lipinski definition) is 3. The van der Waals surface area contributed by atoms with E-state index in [2.05, 4.69) is 4.40 Å². The van der Waals surface area contributed by atoms with Crippen LogP contribution >= 0.6 is 11.9 Å². The zero-order valence-corrected chi connectivity index (χ0v) is 4.60. The fraction of sp³-hybridized carbons (Fsp3) is 0.333. The molecule has 4 heteroatoms. The Balaban J connectivity index is 3.26. The highest BCUT2D eigenvalue weighted by molar-refractivity contribution is 7.97. The van der Waals surface area contributed by atoms with Gasteiger partial charge in [0.2, 0.25) is 0 Å². The summed E-state index contributed by atoms with van der Waals surface area (Å²) in [5.41, 5.74) is 0. The Morgan fingerprint density at radius 2 is 2.57 bits per heavy atom. The minimum atomic E-state index is -1.01. The standard InChI is InChI=1S/C3H5NO2S/c1-7-4-2-3(5)6/h2H,1H3,(H,5,6). The van der Waals surface area contributed by atoms with Crippen LogP contribution in [0.2, 0.25) is 0 Å². The van der Waals surface area contributed by atoms with Crippen molar-refractivity contribution in [3.8, 4) is 0 Å². The lowest BCUT2D eigenvalue weighted by atomic mass is 10.8. The number of nitrogens with zero attached hydrogens (tertiary/aromatic N) is 1. The molecule has 40 valence electrons. The molecule has 0 aromatic heterocycles. The average Bonchev–Trinajstić information content (AvgIpc) is 1.61. The van der Waals surface area contributed by atoms with Gasteiger partial charge in [0, 0.05) is 6.26 Å². The fourth-order valence-corrected chi connectivity index (χ4v) is 0.293. The van der Waals surface area contributed by atoms with Crippen LogP contribution in [0.3, 0.4) is 0 Å². The molecule has 0 fully saturated rings. The third kappa shape index (κ3) is 5.49. The molecule has 0 aromatic carbocycles. The number of carboxylic acid groups (broad SMARTS) is 1. The number of carbonyl (C=O) groups is 1. The Hall–Kier alpha value is -0.510. The Morgan fingerprint density at radius 3 is 2.71 bits per heavy atom. The van der Waals surface area contributed by atoms with Gasteiger partial charge < -0.3 is 5.11 Å². The summed E-state index contributed by atoms with van der Waals surface area (Å²) in [4.78, 5) is 9.60. The van der Waals surface area contributed by atoms with Gasteiger partial charge in [-0.1, -0.05) is 0 Å². The van der Waals surface area contributed by atoms with Crippen molar-refractivity contribution in [1.82, 2.24) is 0 Å². The summed E-state index contributed by atoms with van der Waals surface area (Å²) >= 11 is 1.12. The van der Waals surface area contributed by atoms with Crippen LogP contribution in [0.4, 0.5) is 0 Å². The van der Waals surface area contributed by atoms with Crippen LogP contribution in [0.1, 0.15) is 0 Å². The predicted molar refractivity (Wildman–Crippen MR) is 29.6 cm³/mol. The summed E-state index contributed by atoms with van der Waals surface area (Å²) in [7, 11) is 0. The molecule has 0 saturated heterocycles. The van der Waals surface area contributed by atoms with Crippen LogP contribution in [-0.2, 0) is 4.79 Å². The van der Waals surface area contributed by atoms with Gasteiger partial charge in [0.05, 0.1) is 0 Å². The molecule has 0 heterocycles. The van der Waals surface area contributed by atoms with Gasteiger partial charge in [-0.25, -0.2) is 9.19 Å². The average molecular weight is 119 g/mol. The molecule has 0 atom stereocenters. The molecule has 0 saturated carbocycles. The summed E-state index contributed by atoms with van der Waals surface area (Å²) in [6, 6.07) is 0. The number of rotatable bonds is 2. The maximum Gasteiger partial charge on any atom is 0.347 e. The molecule has 0 amide bonds. The normalized spacial score (nSPS) is 9.86. The molecule has 0 aromatic rings. The van der Waals surface area contributed by atoms with Crippen molar-refractivity contribution < 1.29 is 9.90 Å². The summed E-state index contributed by atoms with van der Waals surface area (Å²) in [5.74, 6) is -1.01. The molecule has 0 unspecified atom stereocenters. The summed E-state index contributed by atoms with van der Waals surface area (Å²) in [6.45, 7) is 0. The Morgan fingerprint density at radius 1 is 2.00 bits per heavy atom. The smallest absolute Gasteiger partial charge is 0.347 e. The molecule has 0 aliphatic heterocycles. The van der Waals surface area contributed by atoms with Gasteiger partial charge in [-0.2, -0.15) is 0 Å². The van der Waals surface area contributed by atoms with Crippen LogP contribution in [0.5, 0.6) is 0 Å². The number of aliphatic carboxylic acids is 1. The van der Waals surface area contributed by atoms with Gasteiger partial charge in [0.15, 0.2) is 0 Å². The minimum absolute atomic E-state index is 0.852. The van der Waals surface area contributed by atoms with E-state index in [0.29, 0.717) is 0 Å². The van der Waals surface area contributed by atoms with E-state index < -0.39 is 5.97 Å². The lowest BCUT2D eigenvalue weighted by Crippen LogP contribution is -1.92. The lowest BCUT2D eigenvalue weighted by Gasteiger charge is -1.73. The van der Waals surface area contributed by atoms with Gasteiger partial charge >= 0.3 is 5.97 Å². The molecule has 0 aliphatic rings. The van der Waals surface area contributed by atoms with E-state index in [0.717, 1.165) is 18.2 Å². The molecule has 0 spiro atoms. The third-order valence-electron chi connectivity index (χ3n) is 0.269. The summed E-state index contributed by atoms with van der Waals surface area (Å²) in [5, 5.41) is 7.88. The zero-order chi connectivity index (χ0) is 5.70. The van der Waals surface area contributed by atoms with E-state index >= 15 is 0 Å².